The minimum atomic E-state index is -4.60. The fourth-order valence-corrected chi connectivity index (χ4v) is 8.30. The minimum Gasteiger partial charge on any atom is -0.462 e. The first kappa shape index (κ1) is 58.1. The van der Waals surface area contributed by atoms with Crippen molar-refractivity contribution in [1.82, 2.24) is 0 Å². The first-order chi connectivity index (χ1) is 30.0. The molecule has 0 bridgehead atoms. The first-order valence-corrected chi connectivity index (χ1v) is 26.5. The maximum Gasteiger partial charge on any atom is 0.306 e. The van der Waals surface area contributed by atoms with E-state index in [-0.39, 0.29) is 19.4 Å². The summed E-state index contributed by atoms with van der Waals surface area (Å²) in [5, 5.41) is 30.9. The van der Waals surface area contributed by atoms with Crippen LogP contribution in [0.15, 0.2) is 24.3 Å². The van der Waals surface area contributed by atoms with Crippen molar-refractivity contribution in [2.75, 3.05) is 19.0 Å². The lowest BCUT2D eigenvalue weighted by Gasteiger charge is -2.40. The minimum absolute atomic E-state index is 0.162. The molecule has 62 heavy (non-hydrogen) atoms. The maximum atomic E-state index is 12.9. The zero-order valence-electron chi connectivity index (χ0n) is 39.0. The van der Waals surface area contributed by atoms with Gasteiger partial charge in [-0.3, -0.25) is 14.1 Å². The summed E-state index contributed by atoms with van der Waals surface area (Å²) in [5.74, 6) is -1.99. The molecule has 6 atom stereocenters. The Morgan fingerprint density at radius 3 is 1.34 bits per heavy atom. The average Bonchev–Trinajstić information content (AvgIpc) is 3.24. The quantitative estimate of drug-likeness (QED) is 0.0197. The van der Waals surface area contributed by atoms with Crippen LogP contribution in [-0.4, -0.2) is 96.0 Å². The van der Waals surface area contributed by atoms with Gasteiger partial charge in [-0.1, -0.05) is 167 Å². The topological polar surface area (TPSA) is 186 Å². The van der Waals surface area contributed by atoms with E-state index in [9.17, 15) is 37.9 Å². The van der Waals surface area contributed by atoms with Crippen LogP contribution in [0.3, 0.4) is 0 Å². The van der Waals surface area contributed by atoms with Gasteiger partial charge in [-0.25, -0.2) is 0 Å². The number of allylic oxidation sites excluding steroid dienone is 4. The second-order valence-corrected chi connectivity index (χ2v) is 19.0. The van der Waals surface area contributed by atoms with Crippen molar-refractivity contribution in [2.24, 2.45) is 0 Å². The molecule has 0 radical (unpaired) electrons. The number of aliphatic hydroxyl groups is 3. The van der Waals surface area contributed by atoms with E-state index in [0.29, 0.717) is 12.8 Å². The molecule has 0 spiro atoms. The fourth-order valence-electron chi connectivity index (χ4n) is 7.61. The largest absolute Gasteiger partial charge is 0.462 e. The van der Waals surface area contributed by atoms with Gasteiger partial charge >= 0.3 is 11.9 Å². The van der Waals surface area contributed by atoms with E-state index < -0.39 is 71.2 Å². The molecule has 13 heteroatoms. The Labute approximate surface area is 377 Å². The number of ether oxygens (including phenoxy) is 4. The summed E-state index contributed by atoms with van der Waals surface area (Å²) in [4.78, 5) is 25.5. The summed E-state index contributed by atoms with van der Waals surface area (Å²) in [6.07, 6.45) is 35.0. The van der Waals surface area contributed by atoms with Gasteiger partial charge < -0.3 is 34.3 Å². The third-order valence-corrected chi connectivity index (χ3v) is 12.3. The van der Waals surface area contributed by atoms with Gasteiger partial charge in [-0.2, -0.15) is 8.42 Å². The Bertz CT molecular complexity index is 1240. The average molecular weight is 903 g/mol. The van der Waals surface area contributed by atoms with Crippen molar-refractivity contribution in [3.8, 4) is 0 Å². The molecule has 1 aliphatic heterocycles. The summed E-state index contributed by atoms with van der Waals surface area (Å²) in [6.45, 7) is 3.76. The molecule has 12 nitrogen and oxygen atoms in total. The second-order valence-electron chi connectivity index (χ2n) is 17.5. The van der Waals surface area contributed by atoms with Gasteiger partial charge in [0.2, 0.25) is 0 Å². The summed E-state index contributed by atoms with van der Waals surface area (Å²) in [5.41, 5.74) is 0. The molecule has 1 aliphatic rings. The molecule has 0 aromatic heterocycles. The predicted molar refractivity (Wildman–Crippen MR) is 247 cm³/mol. The number of unbranched alkanes of at least 4 members (excludes halogenated alkanes) is 26. The molecule has 1 heterocycles. The van der Waals surface area contributed by atoms with Gasteiger partial charge in [0.25, 0.3) is 10.1 Å². The molecular formula is C49H90O12S. The third kappa shape index (κ3) is 33.6. The van der Waals surface area contributed by atoms with E-state index in [0.717, 1.165) is 57.8 Å². The molecular weight excluding hydrogens is 813 g/mol. The van der Waals surface area contributed by atoms with Crippen LogP contribution in [0, 0.1) is 0 Å². The first-order valence-electron chi connectivity index (χ1n) is 24.9. The fraction of sp³-hybridized carbons (Fsp3) is 0.878. The number of aliphatic hydroxyl groups excluding tert-OH is 3. The normalized spacial score (nSPS) is 20.0. The van der Waals surface area contributed by atoms with Gasteiger partial charge in [0.15, 0.2) is 12.4 Å². The van der Waals surface area contributed by atoms with Crippen molar-refractivity contribution in [3.63, 3.8) is 0 Å². The van der Waals surface area contributed by atoms with Gasteiger partial charge in [-0.15, -0.1) is 0 Å². The van der Waals surface area contributed by atoms with Crippen LogP contribution >= 0.6 is 0 Å². The Kier molecular flexibility index (Phi) is 37.0. The van der Waals surface area contributed by atoms with Crippen LogP contribution in [0.2, 0.25) is 0 Å². The maximum absolute atomic E-state index is 12.9. The SMILES string of the molecule is CCCCCCCC/C=C/CCCCCCCCCCCC(=O)O[C@H](COC(=O)CCCCCCC/C=C/CCCCCCCC)CO[C@H]1O[C@H](CS(=O)(=O)O)[C@@H](O)C(O)C1O. The molecule has 0 saturated carbocycles. The van der Waals surface area contributed by atoms with Crippen LogP contribution in [0.4, 0.5) is 0 Å². The smallest absolute Gasteiger partial charge is 0.306 e. The number of esters is 2. The highest BCUT2D eigenvalue weighted by molar-refractivity contribution is 7.85. The van der Waals surface area contributed by atoms with E-state index in [2.05, 4.69) is 38.2 Å². The molecule has 2 unspecified atom stereocenters. The lowest BCUT2D eigenvalue weighted by molar-refractivity contribution is -0.297. The van der Waals surface area contributed by atoms with Crippen molar-refractivity contribution < 1.29 is 56.8 Å². The predicted octanol–water partition coefficient (Wildman–Crippen LogP) is 10.8. The van der Waals surface area contributed by atoms with Crippen LogP contribution in [-0.2, 0) is 38.7 Å². The van der Waals surface area contributed by atoms with E-state index in [1.807, 2.05) is 0 Å². The molecule has 1 saturated heterocycles. The van der Waals surface area contributed by atoms with Crippen molar-refractivity contribution in [3.05, 3.63) is 24.3 Å². The lowest BCUT2D eigenvalue weighted by atomic mass is 10.00. The summed E-state index contributed by atoms with van der Waals surface area (Å²) in [7, 11) is -4.60. The van der Waals surface area contributed by atoms with Gasteiger partial charge in [0.05, 0.1) is 6.61 Å². The highest BCUT2D eigenvalue weighted by atomic mass is 32.2. The van der Waals surface area contributed by atoms with Crippen molar-refractivity contribution >= 4 is 22.1 Å². The molecule has 1 fully saturated rings. The van der Waals surface area contributed by atoms with Crippen LogP contribution < -0.4 is 0 Å². The third-order valence-electron chi connectivity index (χ3n) is 11.5. The number of rotatable bonds is 42. The van der Waals surface area contributed by atoms with Gasteiger partial charge in [0, 0.05) is 12.8 Å². The molecule has 0 aliphatic carbocycles. The van der Waals surface area contributed by atoms with Crippen molar-refractivity contribution in [2.45, 2.75) is 256 Å². The van der Waals surface area contributed by atoms with E-state index >= 15 is 0 Å². The highest BCUT2D eigenvalue weighted by Crippen LogP contribution is 2.24. The zero-order chi connectivity index (χ0) is 45.5. The summed E-state index contributed by atoms with van der Waals surface area (Å²) in [6, 6.07) is 0. The monoisotopic (exact) mass is 903 g/mol. The molecule has 0 aromatic rings. The Morgan fingerprint density at radius 2 is 0.919 bits per heavy atom. The van der Waals surface area contributed by atoms with Crippen LogP contribution in [0.25, 0.3) is 0 Å². The number of carbonyl (C=O) groups excluding carboxylic acids is 2. The number of hydrogen-bond donors (Lipinski definition) is 4. The van der Waals surface area contributed by atoms with E-state index in [1.165, 1.54) is 122 Å². The van der Waals surface area contributed by atoms with Crippen LogP contribution in [0.5, 0.6) is 0 Å². The van der Waals surface area contributed by atoms with E-state index in [4.69, 9.17) is 18.9 Å². The zero-order valence-corrected chi connectivity index (χ0v) is 39.8. The lowest BCUT2D eigenvalue weighted by Crippen LogP contribution is -2.60. The molecule has 0 aromatic carbocycles. The van der Waals surface area contributed by atoms with Gasteiger partial charge in [-0.05, 0) is 64.2 Å². The van der Waals surface area contributed by atoms with E-state index in [1.54, 1.807) is 0 Å². The Balaban J connectivity index is 2.40. The summed E-state index contributed by atoms with van der Waals surface area (Å²) >= 11 is 0. The second kappa shape index (κ2) is 39.5. The number of carbonyl (C=O) groups is 2. The molecule has 1 rings (SSSR count). The molecule has 364 valence electrons. The Morgan fingerprint density at radius 1 is 0.532 bits per heavy atom. The highest BCUT2D eigenvalue weighted by Gasteiger charge is 2.46. The van der Waals surface area contributed by atoms with Gasteiger partial charge in [0.1, 0.15) is 36.8 Å². The summed E-state index contributed by atoms with van der Waals surface area (Å²) < 4.78 is 54.2. The Hall–Kier alpha value is -1.87. The molecule has 4 N–H and O–H groups in total. The van der Waals surface area contributed by atoms with Crippen LogP contribution in [0.1, 0.15) is 219 Å². The molecule has 0 amide bonds. The standard InChI is InChI=1S/C49H90O12S/c1-3-5-7-9-11-13-15-17-19-20-21-22-24-26-28-30-32-34-36-38-45(51)60-42(40-59-49-48(54)47(53)46(52)43(61-49)41-62(55,56)57)39-58-44(50)37-35-33-31-29-27-25-23-18-16-14-12-10-8-6-4-2/h17-19,23,42-43,46-49,52-54H,3-16,20-22,24-41H2,1-2H3,(H,55,56,57)/b19-17+,23-18+/t42-,43-,46-,47?,48?,49+/m1/s1. The number of hydrogen-bond acceptors (Lipinski definition) is 11. The van der Waals surface area contributed by atoms with Crippen molar-refractivity contribution in [1.29, 1.82) is 0 Å².